The number of nitrogens with two attached hydrogens (primary N) is 2. The first-order chi connectivity index (χ1) is 13.6. The number of carboxylic acid groups (broad SMARTS) is 1. The molecule has 0 spiro atoms. The highest BCUT2D eigenvalue weighted by atomic mass is 16.4. The molecule has 10 nitrogen and oxygen atoms in total. The SMILES string of the molecule is CC(N)C(=O)NC(C(=O)N1CCCC1C(=O)NC(CCCCN)C(=O)O)C(C)C. The predicted molar refractivity (Wildman–Crippen MR) is 108 cm³/mol. The van der Waals surface area contributed by atoms with Crippen LogP contribution in [0.15, 0.2) is 0 Å². The van der Waals surface area contributed by atoms with Gasteiger partial charge in [0.2, 0.25) is 17.7 Å². The van der Waals surface area contributed by atoms with Crippen LogP contribution in [0, 0.1) is 5.92 Å². The molecule has 1 heterocycles. The number of amides is 3. The van der Waals surface area contributed by atoms with Crippen LogP contribution >= 0.6 is 0 Å². The fourth-order valence-corrected chi connectivity index (χ4v) is 3.30. The van der Waals surface area contributed by atoms with Crippen molar-refractivity contribution in [2.75, 3.05) is 13.1 Å². The molecule has 10 heteroatoms. The van der Waals surface area contributed by atoms with Crippen molar-refractivity contribution in [2.45, 2.75) is 77.0 Å². The highest BCUT2D eigenvalue weighted by Crippen LogP contribution is 2.21. The Morgan fingerprint density at radius 2 is 1.79 bits per heavy atom. The van der Waals surface area contributed by atoms with Crippen LogP contribution in [-0.2, 0) is 19.2 Å². The molecule has 166 valence electrons. The first kappa shape index (κ1) is 24.8. The van der Waals surface area contributed by atoms with Gasteiger partial charge in [0, 0.05) is 6.54 Å². The first-order valence-electron chi connectivity index (χ1n) is 10.2. The summed E-state index contributed by atoms with van der Waals surface area (Å²) in [6, 6.07) is -3.34. The molecular formula is C19H35N5O5. The van der Waals surface area contributed by atoms with E-state index in [0.29, 0.717) is 38.8 Å². The van der Waals surface area contributed by atoms with Gasteiger partial charge in [-0.2, -0.15) is 0 Å². The van der Waals surface area contributed by atoms with E-state index in [1.165, 1.54) is 11.8 Å². The molecule has 1 rings (SSSR count). The summed E-state index contributed by atoms with van der Waals surface area (Å²) in [7, 11) is 0. The minimum Gasteiger partial charge on any atom is -0.480 e. The third-order valence-electron chi connectivity index (χ3n) is 5.04. The quantitative estimate of drug-likeness (QED) is 0.275. The predicted octanol–water partition coefficient (Wildman–Crippen LogP) is -0.836. The van der Waals surface area contributed by atoms with E-state index in [4.69, 9.17) is 11.5 Å². The van der Waals surface area contributed by atoms with Gasteiger partial charge in [-0.05, 0) is 51.5 Å². The molecule has 0 aliphatic carbocycles. The number of carboxylic acids is 1. The normalized spacial score (nSPS) is 19.5. The zero-order valence-electron chi connectivity index (χ0n) is 17.5. The third-order valence-corrected chi connectivity index (χ3v) is 5.04. The summed E-state index contributed by atoms with van der Waals surface area (Å²) in [4.78, 5) is 50.6. The Labute approximate surface area is 171 Å². The molecule has 0 aromatic carbocycles. The average molecular weight is 414 g/mol. The summed E-state index contributed by atoms with van der Waals surface area (Å²) in [5.74, 6) is -2.60. The van der Waals surface area contributed by atoms with Crippen molar-refractivity contribution in [3.05, 3.63) is 0 Å². The molecule has 0 aromatic rings. The zero-order valence-corrected chi connectivity index (χ0v) is 17.5. The molecule has 3 amide bonds. The van der Waals surface area contributed by atoms with Crippen molar-refractivity contribution in [3.8, 4) is 0 Å². The van der Waals surface area contributed by atoms with Gasteiger partial charge in [-0.15, -0.1) is 0 Å². The van der Waals surface area contributed by atoms with Crippen molar-refractivity contribution in [1.29, 1.82) is 0 Å². The maximum Gasteiger partial charge on any atom is 0.326 e. The standard InChI is InChI=1S/C19H35N5O5/c1-11(2)15(23-16(25)12(3)21)18(27)24-10-6-8-14(24)17(26)22-13(19(28)29)7-4-5-9-20/h11-15H,4-10,20-21H2,1-3H3,(H,22,26)(H,23,25)(H,28,29). The number of hydrogen-bond acceptors (Lipinski definition) is 6. The number of hydrogen-bond donors (Lipinski definition) is 5. The van der Waals surface area contributed by atoms with Crippen LogP contribution in [0.2, 0.25) is 0 Å². The largest absolute Gasteiger partial charge is 0.480 e. The lowest BCUT2D eigenvalue weighted by atomic mass is 10.0. The van der Waals surface area contributed by atoms with E-state index in [9.17, 15) is 24.3 Å². The van der Waals surface area contributed by atoms with Gasteiger partial charge in [-0.3, -0.25) is 14.4 Å². The van der Waals surface area contributed by atoms with Gasteiger partial charge >= 0.3 is 5.97 Å². The maximum atomic E-state index is 13.1. The van der Waals surface area contributed by atoms with Gasteiger partial charge in [-0.25, -0.2) is 4.79 Å². The molecule has 4 unspecified atom stereocenters. The average Bonchev–Trinajstić information content (AvgIpc) is 3.14. The summed E-state index contributed by atoms with van der Waals surface area (Å²) in [5, 5.41) is 14.6. The van der Waals surface area contributed by atoms with Crippen LogP contribution in [0.1, 0.15) is 52.9 Å². The Morgan fingerprint density at radius 3 is 2.31 bits per heavy atom. The van der Waals surface area contributed by atoms with E-state index in [-0.39, 0.29) is 18.2 Å². The molecule has 1 aliphatic heterocycles. The molecule has 0 radical (unpaired) electrons. The van der Waals surface area contributed by atoms with E-state index in [1.54, 1.807) is 13.8 Å². The molecule has 0 aromatic heterocycles. The molecule has 0 saturated carbocycles. The van der Waals surface area contributed by atoms with Gasteiger partial charge in [0.1, 0.15) is 18.1 Å². The van der Waals surface area contributed by atoms with Crippen molar-refractivity contribution < 1.29 is 24.3 Å². The molecule has 1 aliphatic rings. The van der Waals surface area contributed by atoms with Crippen LogP contribution < -0.4 is 22.1 Å². The van der Waals surface area contributed by atoms with Crippen LogP contribution in [-0.4, -0.2) is 71.0 Å². The fourth-order valence-electron chi connectivity index (χ4n) is 3.30. The van der Waals surface area contributed by atoms with Gasteiger partial charge in [0.05, 0.1) is 6.04 Å². The van der Waals surface area contributed by atoms with Gasteiger partial charge in [0.15, 0.2) is 0 Å². The Balaban J connectivity index is 2.85. The van der Waals surface area contributed by atoms with E-state index in [1.807, 2.05) is 0 Å². The monoisotopic (exact) mass is 413 g/mol. The van der Waals surface area contributed by atoms with Crippen LogP contribution in [0.25, 0.3) is 0 Å². The van der Waals surface area contributed by atoms with E-state index < -0.39 is 42.0 Å². The lowest BCUT2D eigenvalue weighted by Crippen LogP contribution is -2.57. The van der Waals surface area contributed by atoms with Crippen molar-refractivity contribution >= 4 is 23.7 Å². The Morgan fingerprint density at radius 1 is 1.14 bits per heavy atom. The molecule has 29 heavy (non-hydrogen) atoms. The lowest BCUT2D eigenvalue weighted by Gasteiger charge is -2.31. The smallest absolute Gasteiger partial charge is 0.326 e. The topological polar surface area (TPSA) is 168 Å². The number of nitrogens with one attached hydrogen (secondary N) is 2. The van der Waals surface area contributed by atoms with Crippen molar-refractivity contribution in [3.63, 3.8) is 0 Å². The second kappa shape index (κ2) is 11.7. The summed E-state index contributed by atoms with van der Waals surface area (Å²) >= 11 is 0. The van der Waals surface area contributed by atoms with Gasteiger partial charge < -0.3 is 32.1 Å². The van der Waals surface area contributed by atoms with E-state index in [2.05, 4.69) is 10.6 Å². The van der Waals surface area contributed by atoms with E-state index in [0.717, 1.165) is 0 Å². The van der Waals surface area contributed by atoms with Gasteiger partial charge in [0.25, 0.3) is 0 Å². The molecule has 1 fully saturated rings. The zero-order chi connectivity index (χ0) is 22.1. The molecular weight excluding hydrogens is 378 g/mol. The first-order valence-corrected chi connectivity index (χ1v) is 10.2. The summed E-state index contributed by atoms with van der Waals surface area (Å²) < 4.78 is 0. The molecule has 4 atom stereocenters. The second-order valence-electron chi connectivity index (χ2n) is 7.89. The second-order valence-corrected chi connectivity index (χ2v) is 7.89. The number of likely N-dealkylation sites (tertiary alicyclic amines) is 1. The number of aliphatic carboxylic acids is 1. The molecule has 7 N–H and O–H groups in total. The van der Waals surface area contributed by atoms with Crippen LogP contribution in [0.4, 0.5) is 0 Å². The number of carbonyl (C=O) groups is 4. The Bertz CT molecular complexity index is 596. The molecule has 0 bridgehead atoms. The number of unbranched alkanes of at least 4 members (excludes halogenated alkanes) is 1. The van der Waals surface area contributed by atoms with Crippen molar-refractivity contribution in [2.24, 2.45) is 17.4 Å². The summed E-state index contributed by atoms with van der Waals surface area (Å²) in [6.45, 7) is 5.95. The number of nitrogens with zero attached hydrogens (tertiary/aromatic N) is 1. The highest BCUT2D eigenvalue weighted by Gasteiger charge is 2.39. The fraction of sp³-hybridized carbons (Fsp3) is 0.789. The van der Waals surface area contributed by atoms with Crippen LogP contribution in [0.5, 0.6) is 0 Å². The minimum atomic E-state index is -1.12. The minimum absolute atomic E-state index is 0.197. The Kier molecular flexibility index (Phi) is 10.0. The maximum absolute atomic E-state index is 13.1. The number of carbonyl (C=O) groups excluding carboxylic acids is 3. The highest BCUT2D eigenvalue weighted by molar-refractivity contribution is 5.94. The lowest BCUT2D eigenvalue weighted by molar-refractivity contribution is -0.145. The molecule has 1 saturated heterocycles. The number of rotatable bonds is 11. The van der Waals surface area contributed by atoms with Crippen LogP contribution in [0.3, 0.4) is 0 Å². The Hall–Kier alpha value is -2.20. The van der Waals surface area contributed by atoms with E-state index >= 15 is 0 Å². The van der Waals surface area contributed by atoms with Gasteiger partial charge in [-0.1, -0.05) is 13.8 Å². The van der Waals surface area contributed by atoms with Crippen molar-refractivity contribution in [1.82, 2.24) is 15.5 Å². The summed E-state index contributed by atoms with van der Waals surface area (Å²) in [5.41, 5.74) is 11.0. The third kappa shape index (κ3) is 7.28. The summed E-state index contributed by atoms with van der Waals surface area (Å²) in [6.07, 6.45) is 2.60.